The smallest absolute Gasteiger partial charge is 0.334 e. The molecule has 8 rings (SSSR count). The van der Waals surface area contributed by atoms with Crippen LogP contribution in [-0.2, 0) is 14.3 Å². The molecule has 3 amide bonds. The number of amidine groups is 2. The van der Waals surface area contributed by atoms with Crippen LogP contribution < -0.4 is 11.5 Å². The van der Waals surface area contributed by atoms with Gasteiger partial charge in [-0.05, 0) is 109 Å². The molecule has 4 N–H and O–H groups in total. The highest BCUT2D eigenvalue weighted by Gasteiger charge is 2.22. The number of hydrogen-bond acceptors (Lipinski definition) is 9. The Morgan fingerprint density at radius 1 is 0.576 bits per heavy atom. The van der Waals surface area contributed by atoms with Crippen LogP contribution in [0.3, 0.4) is 0 Å². The van der Waals surface area contributed by atoms with Crippen LogP contribution in [0.25, 0.3) is 34.4 Å². The van der Waals surface area contributed by atoms with Crippen molar-refractivity contribution in [1.29, 1.82) is 0 Å². The van der Waals surface area contributed by atoms with Gasteiger partial charge in [-0.15, -0.1) is 0 Å². The van der Waals surface area contributed by atoms with Gasteiger partial charge in [0.2, 0.25) is 5.91 Å². The summed E-state index contributed by atoms with van der Waals surface area (Å²) in [7, 11) is 4.80. The highest BCUT2D eigenvalue weighted by atomic mass is 16.5. The normalized spacial score (nSPS) is 15.8. The van der Waals surface area contributed by atoms with E-state index < -0.39 is 5.97 Å². The van der Waals surface area contributed by atoms with Crippen LogP contribution in [0.4, 0.5) is 11.4 Å². The summed E-state index contributed by atoms with van der Waals surface area (Å²) in [5.74, 6) is 0.500. The Bertz CT molecular complexity index is 2400. The minimum Gasteiger partial charge on any atom is -0.466 e. The predicted molar refractivity (Wildman–Crippen MR) is 232 cm³/mol. The van der Waals surface area contributed by atoms with E-state index in [1.54, 1.807) is 25.1 Å². The van der Waals surface area contributed by atoms with Crippen molar-refractivity contribution in [2.24, 2.45) is 21.5 Å². The van der Waals surface area contributed by atoms with Gasteiger partial charge in [0.25, 0.3) is 11.8 Å². The lowest BCUT2D eigenvalue weighted by molar-refractivity contribution is -0.136. The van der Waals surface area contributed by atoms with Crippen molar-refractivity contribution in [3.63, 3.8) is 0 Å². The monoisotopic (exact) mass is 791 g/mol. The maximum absolute atomic E-state index is 12.6. The van der Waals surface area contributed by atoms with Gasteiger partial charge in [0, 0.05) is 86.5 Å². The van der Waals surface area contributed by atoms with Gasteiger partial charge >= 0.3 is 5.97 Å². The lowest BCUT2D eigenvalue weighted by Gasteiger charge is -2.15. The Labute approximate surface area is 344 Å². The second kappa shape index (κ2) is 17.8. The van der Waals surface area contributed by atoms with E-state index in [9.17, 15) is 19.2 Å². The number of methoxy groups -OCH3 is 1. The minimum absolute atomic E-state index is 0.0730. The number of nitrogens with zero attached hydrogens (tertiary/aromatic N) is 5. The van der Waals surface area contributed by atoms with Gasteiger partial charge in [-0.25, -0.2) is 14.8 Å². The Kier molecular flexibility index (Phi) is 12.2. The standard InChI is InChI=1S/C24H26N4O2.C23H23N3O3/c1-27(2)23(29)20-14-19-13-18(9-10-21(19)26-22(25)15-20)16-5-7-17(8-6-16)24(30)28-11-3-4-12-28;1-29-23(28)19-13-18-12-17(8-9-20(18)25-21(24)14-19)15-4-6-16(7-5-15)22(27)26-10-2-3-11-26/h5-10,13-14H,3-4,11-12,15H2,1-2H3,(H2,25,26);4-9,12-13H,2-3,10-11,14H2,1H3,(H2,24,25). The van der Waals surface area contributed by atoms with Crippen molar-refractivity contribution >= 4 is 58.9 Å². The fourth-order valence-corrected chi connectivity index (χ4v) is 7.66. The van der Waals surface area contributed by atoms with E-state index >= 15 is 0 Å². The molecule has 4 aromatic carbocycles. The molecular formula is C47H49N7O5. The van der Waals surface area contributed by atoms with Gasteiger partial charge in [-0.2, -0.15) is 0 Å². The Balaban J connectivity index is 0.000000179. The highest BCUT2D eigenvalue weighted by Crippen LogP contribution is 2.33. The molecule has 0 bridgehead atoms. The number of nitrogens with two attached hydrogens (primary N) is 2. The molecule has 0 aliphatic carbocycles. The fraction of sp³-hybridized carbons (Fsp3) is 0.277. The lowest BCUT2D eigenvalue weighted by atomic mass is 9.99. The molecule has 2 fully saturated rings. The number of carbonyl (C=O) groups is 4. The number of ether oxygens (including phenoxy) is 1. The predicted octanol–water partition coefficient (Wildman–Crippen LogP) is 6.99. The molecule has 0 radical (unpaired) electrons. The zero-order valence-corrected chi connectivity index (χ0v) is 33.7. The zero-order chi connectivity index (χ0) is 41.6. The van der Waals surface area contributed by atoms with Gasteiger partial charge in [0.15, 0.2) is 0 Å². The Morgan fingerprint density at radius 3 is 1.37 bits per heavy atom. The molecule has 59 heavy (non-hydrogen) atoms. The number of rotatable bonds is 6. The van der Waals surface area contributed by atoms with Gasteiger partial charge in [-0.3, -0.25) is 14.4 Å². The molecule has 12 nitrogen and oxygen atoms in total. The first-order valence-electron chi connectivity index (χ1n) is 19.9. The van der Waals surface area contributed by atoms with Crippen LogP contribution in [-0.4, -0.2) is 97.4 Å². The number of fused-ring (bicyclic) bond motifs is 2. The van der Waals surface area contributed by atoms with Gasteiger partial charge in [0.1, 0.15) is 11.7 Å². The molecule has 0 atom stereocenters. The summed E-state index contributed by atoms with van der Waals surface area (Å²) >= 11 is 0. The maximum Gasteiger partial charge on any atom is 0.334 e. The summed E-state index contributed by atoms with van der Waals surface area (Å²) < 4.78 is 4.85. The lowest BCUT2D eigenvalue weighted by Crippen LogP contribution is -2.27. The molecule has 0 aromatic heterocycles. The summed E-state index contributed by atoms with van der Waals surface area (Å²) in [6.07, 6.45) is 8.54. The van der Waals surface area contributed by atoms with E-state index in [-0.39, 0.29) is 24.1 Å². The van der Waals surface area contributed by atoms with Gasteiger partial charge < -0.3 is 30.9 Å². The summed E-state index contributed by atoms with van der Waals surface area (Å²) in [6.45, 7) is 3.36. The van der Waals surface area contributed by atoms with Crippen molar-refractivity contribution in [3.8, 4) is 22.3 Å². The van der Waals surface area contributed by atoms with Gasteiger partial charge in [-0.1, -0.05) is 36.4 Å². The SMILES string of the molecule is CN(C)C(=O)C1=Cc2cc(-c3ccc(C(=O)N4CCCC4)cc3)ccc2N=C(N)C1.COC(=O)C1=Cc2cc(-c3ccc(C(=O)N4CCCC4)cc3)ccc2N=C(N)C1. The number of carbonyl (C=O) groups excluding carboxylic acids is 4. The van der Waals surface area contributed by atoms with Crippen molar-refractivity contribution < 1.29 is 23.9 Å². The summed E-state index contributed by atoms with van der Waals surface area (Å²) in [5.41, 5.74) is 21.6. The number of likely N-dealkylation sites (tertiary alicyclic amines) is 2. The van der Waals surface area contributed by atoms with E-state index in [2.05, 4.69) is 9.98 Å². The highest BCUT2D eigenvalue weighted by molar-refractivity contribution is 6.06. The van der Waals surface area contributed by atoms with E-state index in [0.29, 0.717) is 46.1 Å². The van der Waals surface area contributed by atoms with E-state index in [1.807, 2.05) is 101 Å². The second-order valence-electron chi connectivity index (χ2n) is 15.3. The molecule has 4 heterocycles. The van der Waals surface area contributed by atoms with E-state index in [4.69, 9.17) is 16.2 Å². The van der Waals surface area contributed by atoms with Gasteiger partial charge in [0.05, 0.1) is 18.5 Å². The molecule has 302 valence electrons. The molecule has 0 saturated carbocycles. The average molecular weight is 792 g/mol. The molecule has 4 aliphatic rings. The van der Waals surface area contributed by atoms with Crippen LogP contribution >= 0.6 is 0 Å². The summed E-state index contributed by atoms with van der Waals surface area (Å²) in [4.78, 5) is 63.8. The van der Waals surface area contributed by atoms with E-state index in [0.717, 1.165) is 90.9 Å². The first kappa shape index (κ1) is 40.4. The molecule has 4 aliphatic heterocycles. The third-order valence-electron chi connectivity index (χ3n) is 10.8. The fourth-order valence-electron chi connectivity index (χ4n) is 7.66. The number of aliphatic imine (C=N–C) groups is 2. The maximum atomic E-state index is 12.6. The van der Waals surface area contributed by atoms with Crippen molar-refractivity contribution in [2.75, 3.05) is 47.4 Å². The number of esters is 1. The second-order valence-corrected chi connectivity index (χ2v) is 15.3. The molecule has 12 heteroatoms. The first-order valence-corrected chi connectivity index (χ1v) is 19.9. The van der Waals surface area contributed by atoms with E-state index in [1.165, 1.54) is 7.11 Å². The third kappa shape index (κ3) is 9.33. The van der Waals surface area contributed by atoms with Crippen LogP contribution in [0.1, 0.15) is 70.4 Å². The Hall–Kier alpha value is -6.82. The summed E-state index contributed by atoms with van der Waals surface area (Å²) in [5, 5.41) is 0. The van der Waals surface area contributed by atoms with Crippen LogP contribution in [0.5, 0.6) is 0 Å². The largest absolute Gasteiger partial charge is 0.466 e. The third-order valence-corrected chi connectivity index (χ3v) is 10.8. The number of likely N-dealkylation sites (N-methyl/N-ethyl adjacent to an activating group) is 1. The quantitative estimate of drug-likeness (QED) is 0.199. The van der Waals surface area contributed by atoms with Crippen LogP contribution in [0, 0.1) is 0 Å². The molecule has 0 unspecified atom stereocenters. The molecule has 4 aromatic rings. The van der Waals surface area contributed by atoms with Crippen molar-refractivity contribution in [3.05, 3.63) is 118 Å². The molecular weight excluding hydrogens is 743 g/mol. The first-order chi connectivity index (χ1) is 28.5. The van der Waals surface area contributed by atoms with Crippen molar-refractivity contribution in [1.82, 2.24) is 14.7 Å². The molecule has 2 saturated heterocycles. The topological polar surface area (TPSA) is 164 Å². The zero-order valence-electron chi connectivity index (χ0n) is 33.7. The number of hydrogen-bond donors (Lipinski definition) is 2. The number of benzene rings is 4. The van der Waals surface area contributed by atoms with Crippen molar-refractivity contribution in [2.45, 2.75) is 38.5 Å². The molecule has 0 spiro atoms. The Morgan fingerprint density at radius 2 is 0.966 bits per heavy atom. The van der Waals surface area contributed by atoms with Crippen LogP contribution in [0.2, 0.25) is 0 Å². The average Bonchev–Trinajstić information content (AvgIpc) is 3.94. The summed E-state index contributed by atoms with van der Waals surface area (Å²) in [6, 6.07) is 27.1. The number of amides is 3. The van der Waals surface area contributed by atoms with Crippen LogP contribution in [0.15, 0.2) is 106 Å². The minimum atomic E-state index is -0.411.